The molecule has 0 radical (unpaired) electrons. The lowest BCUT2D eigenvalue weighted by Gasteiger charge is -2.29. The Kier molecular flexibility index (Phi) is 11.7. The number of morpholine rings is 2. The van der Waals surface area contributed by atoms with Crippen molar-refractivity contribution < 1.29 is 27.7 Å². The van der Waals surface area contributed by atoms with Crippen LogP contribution in [0.25, 0.3) is 22.5 Å². The molecular weight excluding hydrogens is 845 g/mol. The summed E-state index contributed by atoms with van der Waals surface area (Å²) in [6.45, 7) is 7.69. The lowest BCUT2D eigenvalue weighted by molar-refractivity contribution is 0.122. The second kappa shape index (κ2) is 18.2. The molecule has 0 amide bonds. The van der Waals surface area contributed by atoms with Gasteiger partial charge in [0.1, 0.15) is 34.6 Å². The van der Waals surface area contributed by atoms with Crippen LogP contribution in [-0.2, 0) is 28.9 Å². The smallest absolute Gasteiger partial charge is 0.250 e. The molecular formula is C51H47F2N7O6. The number of rotatable bonds is 7. The first-order valence-electron chi connectivity index (χ1n) is 21.9. The summed E-state index contributed by atoms with van der Waals surface area (Å²) in [6, 6.07) is 30.3. The molecule has 7 heterocycles. The number of aromatic amines is 2. The number of pyridine rings is 3. The van der Waals surface area contributed by atoms with E-state index in [0.29, 0.717) is 112 Å². The second-order valence-corrected chi connectivity index (χ2v) is 16.6. The minimum absolute atomic E-state index is 0.261. The molecule has 0 atom stereocenters. The molecule has 0 spiro atoms. The summed E-state index contributed by atoms with van der Waals surface area (Å²) >= 11 is 0. The van der Waals surface area contributed by atoms with Gasteiger partial charge in [-0.25, -0.2) is 8.78 Å². The molecule has 2 saturated heterocycles. The van der Waals surface area contributed by atoms with E-state index in [-0.39, 0.29) is 22.2 Å². The number of nitrogen functional groups attached to an aromatic ring is 1. The number of halogens is 2. The van der Waals surface area contributed by atoms with Gasteiger partial charge in [-0.15, -0.1) is 0 Å². The summed E-state index contributed by atoms with van der Waals surface area (Å²) in [7, 11) is 0. The Morgan fingerprint density at radius 1 is 0.636 bits per heavy atom. The van der Waals surface area contributed by atoms with Crippen molar-refractivity contribution >= 4 is 22.7 Å². The van der Waals surface area contributed by atoms with Crippen molar-refractivity contribution in [3.8, 4) is 45.5 Å². The van der Waals surface area contributed by atoms with Gasteiger partial charge in [-0.3, -0.25) is 14.6 Å². The predicted molar refractivity (Wildman–Crippen MR) is 250 cm³/mol. The Morgan fingerprint density at radius 2 is 1.17 bits per heavy atom. The van der Waals surface area contributed by atoms with Crippen molar-refractivity contribution in [3.63, 3.8) is 0 Å². The average Bonchev–Trinajstić information content (AvgIpc) is 3.32. The number of fused-ring (bicyclic) bond motifs is 4. The van der Waals surface area contributed by atoms with Crippen LogP contribution in [0.1, 0.15) is 33.6 Å². The molecule has 3 aromatic heterocycles. The molecule has 0 saturated carbocycles. The number of ether oxygens (including phenoxy) is 4. The van der Waals surface area contributed by atoms with Crippen LogP contribution >= 0.6 is 0 Å². The number of anilines is 4. The van der Waals surface area contributed by atoms with Crippen LogP contribution in [0.2, 0.25) is 0 Å². The maximum absolute atomic E-state index is 15.2. The van der Waals surface area contributed by atoms with Crippen molar-refractivity contribution in [2.24, 2.45) is 0 Å². The first kappa shape index (κ1) is 42.5. The number of hydrogen-bond acceptors (Lipinski definition) is 11. The third-order valence-electron chi connectivity index (χ3n) is 12.1. The molecule has 4 aliphatic rings. The lowest BCUT2D eigenvalue weighted by Crippen LogP contribution is -2.36. The molecule has 66 heavy (non-hydrogen) atoms. The zero-order chi connectivity index (χ0) is 45.3. The summed E-state index contributed by atoms with van der Waals surface area (Å²) in [5.74, 6) is 1.29. The van der Waals surface area contributed by atoms with Crippen LogP contribution in [0.15, 0.2) is 113 Å². The van der Waals surface area contributed by atoms with Crippen LogP contribution in [-0.4, -0.2) is 67.6 Å². The molecule has 4 aromatic carbocycles. The maximum atomic E-state index is 15.2. The molecule has 11 rings (SSSR count). The number of H-pyrrole nitrogens is 2. The van der Waals surface area contributed by atoms with Gasteiger partial charge in [0.25, 0.3) is 0 Å². The summed E-state index contributed by atoms with van der Waals surface area (Å²) < 4.78 is 53.4. The highest BCUT2D eigenvalue weighted by Crippen LogP contribution is 2.46. The summed E-state index contributed by atoms with van der Waals surface area (Å²) in [5.41, 5.74) is 15.3. The fourth-order valence-electron chi connectivity index (χ4n) is 8.84. The largest absolute Gasteiger partial charge is 0.456 e. The maximum Gasteiger partial charge on any atom is 0.250 e. The highest BCUT2D eigenvalue weighted by Gasteiger charge is 2.27. The molecule has 4 aliphatic heterocycles. The quantitative estimate of drug-likeness (QED) is 0.114. The summed E-state index contributed by atoms with van der Waals surface area (Å²) in [6.07, 6.45) is 1.17. The van der Waals surface area contributed by atoms with Crippen molar-refractivity contribution in [1.29, 1.82) is 0 Å². The minimum atomic E-state index is -0.447. The van der Waals surface area contributed by atoms with Gasteiger partial charge >= 0.3 is 0 Å². The first-order valence-corrected chi connectivity index (χ1v) is 21.9. The van der Waals surface area contributed by atoms with Crippen LogP contribution in [0.5, 0.6) is 23.0 Å². The van der Waals surface area contributed by atoms with E-state index in [0.717, 1.165) is 50.7 Å². The highest BCUT2D eigenvalue weighted by atomic mass is 19.1. The summed E-state index contributed by atoms with van der Waals surface area (Å²) in [4.78, 5) is 39.2. The minimum Gasteiger partial charge on any atom is -0.456 e. The van der Waals surface area contributed by atoms with Crippen molar-refractivity contribution in [1.82, 2.24) is 15.0 Å². The van der Waals surface area contributed by atoms with Crippen molar-refractivity contribution in [2.45, 2.75) is 26.3 Å². The molecule has 0 unspecified atom stereocenters. The molecule has 2 fully saturated rings. The Morgan fingerprint density at radius 3 is 1.71 bits per heavy atom. The van der Waals surface area contributed by atoms with Gasteiger partial charge in [0, 0.05) is 102 Å². The third-order valence-corrected chi connectivity index (χ3v) is 12.1. The number of nitrogens with one attached hydrogen (secondary N) is 3. The van der Waals surface area contributed by atoms with Crippen LogP contribution in [0.4, 0.5) is 31.5 Å². The lowest BCUT2D eigenvalue weighted by atomic mass is 9.95. The van der Waals surface area contributed by atoms with Gasteiger partial charge < -0.3 is 49.8 Å². The van der Waals surface area contributed by atoms with Gasteiger partial charge in [0.2, 0.25) is 11.1 Å². The molecule has 15 heteroatoms. The van der Waals surface area contributed by atoms with Crippen LogP contribution < -0.4 is 41.4 Å². The average molecular weight is 892 g/mol. The zero-order valence-corrected chi connectivity index (χ0v) is 36.2. The summed E-state index contributed by atoms with van der Waals surface area (Å²) in [5, 5.41) is 3.42. The van der Waals surface area contributed by atoms with E-state index in [4.69, 9.17) is 24.7 Å². The van der Waals surface area contributed by atoms with Gasteiger partial charge in [0.15, 0.2) is 0 Å². The second-order valence-electron chi connectivity index (χ2n) is 16.6. The number of benzene rings is 4. The fraction of sp³-hybridized carbons (Fsp3) is 0.235. The molecule has 13 nitrogen and oxygen atoms in total. The van der Waals surface area contributed by atoms with Crippen molar-refractivity contribution in [3.05, 3.63) is 169 Å². The topological polar surface area (TPSA) is 160 Å². The van der Waals surface area contributed by atoms with E-state index >= 15 is 4.39 Å². The SMILES string of the molecule is Cc1cccc(CNc2ccc3c(c2)Cc2ccc(F)c(-c4cc(N5CCOCC5)cc(=O)[nH]4)c2O3)n1.Nc1ccc2c(c1)Cc1ccc(F)c(-c3cc(N4CCOCC4)cc(=O)[nH]3)c1O2. The molecule has 7 aromatic rings. The Bertz CT molecular complexity index is 3090. The fourth-order valence-corrected chi connectivity index (χ4v) is 8.84. The van der Waals surface area contributed by atoms with Gasteiger partial charge in [-0.05, 0) is 79.7 Å². The van der Waals surface area contributed by atoms with Gasteiger partial charge in [-0.2, -0.15) is 0 Å². The zero-order valence-electron chi connectivity index (χ0n) is 36.2. The highest BCUT2D eigenvalue weighted by molar-refractivity contribution is 5.76. The van der Waals surface area contributed by atoms with Gasteiger partial charge in [-0.1, -0.05) is 18.2 Å². The standard InChI is InChI=1S/C29H27FN4O3.C22H20FN3O3/c1-18-3-2-4-22(32-18)17-31-21-6-8-26-20(14-21)13-19-5-7-24(30)28(29(19)37-26)25-15-23(16-27(35)33-25)34-9-11-36-12-10-34;23-17-3-1-13-9-14-10-15(24)2-4-19(14)29-22(13)21(17)18-11-16(12-20(27)25-18)26-5-7-28-8-6-26/h2-8,14-16,31H,9-13,17H2,1H3,(H,33,35);1-4,10-12H,5-9,24H2,(H,25,27). The Labute approximate surface area is 378 Å². The van der Waals surface area contributed by atoms with E-state index in [9.17, 15) is 14.0 Å². The van der Waals surface area contributed by atoms with Crippen LogP contribution in [0.3, 0.4) is 0 Å². The number of aryl methyl sites for hydroxylation is 1. The van der Waals surface area contributed by atoms with E-state index in [2.05, 4.69) is 36.1 Å². The number of nitrogens with two attached hydrogens (primary N) is 1. The normalized spacial score (nSPS) is 14.9. The number of nitrogens with zero attached hydrogens (tertiary/aromatic N) is 3. The molecule has 0 aliphatic carbocycles. The molecule has 0 bridgehead atoms. The van der Waals surface area contributed by atoms with Crippen LogP contribution in [0, 0.1) is 18.6 Å². The van der Waals surface area contributed by atoms with Crippen molar-refractivity contribution in [2.75, 3.05) is 73.5 Å². The van der Waals surface area contributed by atoms with Gasteiger partial charge in [0.05, 0.1) is 61.2 Å². The van der Waals surface area contributed by atoms with E-state index in [1.54, 1.807) is 36.4 Å². The number of hydrogen-bond donors (Lipinski definition) is 4. The first-order chi connectivity index (χ1) is 32.1. The Balaban J connectivity index is 0.000000160. The third kappa shape index (κ3) is 8.95. The van der Waals surface area contributed by atoms with E-state index in [1.807, 2.05) is 49.4 Å². The molecule has 5 N–H and O–H groups in total. The monoisotopic (exact) mass is 891 g/mol. The number of aromatic nitrogens is 3. The van der Waals surface area contributed by atoms with E-state index in [1.165, 1.54) is 18.2 Å². The Hall–Kier alpha value is -7.49. The van der Waals surface area contributed by atoms with E-state index < -0.39 is 11.6 Å². The molecule has 336 valence electrons. The predicted octanol–water partition coefficient (Wildman–Crippen LogP) is 8.33.